The summed E-state index contributed by atoms with van der Waals surface area (Å²) in [4.78, 5) is 0. The molecule has 0 spiro atoms. The van der Waals surface area contributed by atoms with Crippen LogP contribution in [0.1, 0.15) is 6.92 Å². The van der Waals surface area contributed by atoms with Crippen molar-refractivity contribution in [3.8, 4) is 0 Å². The smallest absolute Gasteiger partial charge is 1.00 e. The molecule has 0 aliphatic rings. The summed E-state index contributed by atoms with van der Waals surface area (Å²) in [6, 6.07) is 0. The second-order valence-corrected chi connectivity index (χ2v) is 0.316. The van der Waals surface area contributed by atoms with Crippen molar-refractivity contribution in [2.45, 2.75) is 6.92 Å². The van der Waals surface area contributed by atoms with Gasteiger partial charge in [-0.2, -0.15) is 0 Å². The number of rotatable bonds is 0. The van der Waals surface area contributed by atoms with Gasteiger partial charge in [-0.1, -0.05) is 0 Å². The Labute approximate surface area is 54.7 Å². The fourth-order valence-corrected chi connectivity index (χ4v) is 0. The van der Waals surface area contributed by atoms with Gasteiger partial charge in [-0.3, -0.25) is 0 Å². The molecule has 0 unspecified atom stereocenters. The molecule has 0 aliphatic carbocycles. The molecule has 0 aliphatic heterocycles. The van der Waals surface area contributed by atoms with Crippen LogP contribution >= 0.6 is 0 Å². The zero-order chi connectivity index (χ0) is 2.71. The van der Waals surface area contributed by atoms with Gasteiger partial charge in [0.1, 0.15) is 0 Å². The predicted molar refractivity (Wildman–Crippen MR) is 12.8 cm³/mol. The Morgan fingerprint density at radius 1 is 1.60 bits per heavy atom. The van der Waals surface area contributed by atoms with E-state index >= 15 is 0 Å². The third-order valence-corrected chi connectivity index (χ3v) is 0. The summed E-state index contributed by atoms with van der Waals surface area (Å²) in [5.41, 5.74) is 0. The average molecular weight is 133 g/mol. The Kier molecular flexibility index (Phi) is 65.7. The molecule has 0 amide bonds. The van der Waals surface area contributed by atoms with Gasteiger partial charge in [0.25, 0.3) is 0 Å². The molecule has 0 aromatic carbocycles. The van der Waals surface area contributed by atoms with Crippen molar-refractivity contribution in [3.63, 3.8) is 0 Å². The van der Waals surface area contributed by atoms with E-state index in [0.29, 0.717) is 0 Å². The fourth-order valence-electron chi connectivity index (χ4n) is 0. The van der Waals surface area contributed by atoms with E-state index in [4.69, 9.17) is 5.11 Å². The van der Waals surface area contributed by atoms with E-state index < -0.39 is 0 Å². The number of aliphatic hydroxyl groups excluding tert-OH is 1. The van der Waals surface area contributed by atoms with Crippen LogP contribution < -0.4 is 35.8 Å². The molecule has 0 radical (unpaired) electrons. The Hall–Kier alpha value is 1.04. The van der Waals surface area contributed by atoms with Crippen LogP contribution in [0.3, 0.4) is 0 Å². The summed E-state index contributed by atoms with van der Waals surface area (Å²) < 4.78 is 0. The molecule has 1 N–H and O–H groups in total. The number of halogens is 1. The van der Waals surface area contributed by atoms with Gasteiger partial charge in [-0.05, 0) is 6.92 Å². The number of aliphatic hydroxyl groups is 1. The van der Waals surface area contributed by atoms with E-state index in [1.165, 1.54) is 0 Å². The van der Waals surface area contributed by atoms with Crippen molar-refractivity contribution in [1.29, 1.82) is 0 Å². The van der Waals surface area contributed by atoms with Crippen molar-refractivity contribution in [1.82, 2.24) is 0 Å². The molecule has 28 valence electrons. The zero-order valence-corrected chi connectivity index (χ0v) is 5.12. The summed E-state index contributed by atoms with van der Waals surface area (Å²) >= 11 is 0. The molecule has 3 heteroatoms. The van der Waals surface area contributed by atoms with Gasteiger partial charge in [0, 0.05) is 6.61 Å². The van der Waals surface area contributed by atoms with Crippen LogP contribution in [0.25, 0.3) is 0 Å². The van der Waals surface area contributed by atoms with E-state index in [1.54, 1.807) is 6.92 Å². The molecule has 0 saturated heterocycles. The first-order chi connectivity index (χ1) is 1.41. The molecule has 0 heterocycles. The molecule has 0 aromatic rings. The maximum Gasteiger partial charge on any atom is 1.00 e. The summed E-state index contributed by atoms with van der Waals surface area (Å²) in [5.74, 6) is 0. The van der Waals surface area contributed by atoms with Gasteiger partial charge < -0.3 is 22.1 Å². The first kappa shape index (κ1) is 16.6. The molecule has 0 rings (SSSR count). The molecular formula is C2H6BrLiO. The maximum absolute atomic E-state index is 7.57. The van der Waals surface area contributed by atoms with E-state index in [2.05, 4.69) is 0 Å². The summed E-state index contributed by atoms with van der Waals surface area (Å²) in [6.07, 6.45) is 0. The van der Waals surface area contributed by atoms with Crippen molar-refractivity contribution < 1.29 is 40.9 Å². The van der Waals surface area contributed by atoms with Gasteiger partial charge in [-0.15, -0.1) is 0 Å². The largest absolute Gasteiger partial charge is 1.00 e. The topological polar surface area (TPSA) is 20.2 Å². The van der Waals surface area contributed by atoms with Gasteiger partial charge in [0.15, 0.2) is 0 Å². The van der Waals surface area contributed by atoms with Gasteiger partial charge in [0.2, 0.25) is 0 Å². The third-order valence-electron chi connectivity index (χ3n) is 0. The molecule has 5 heavy (non-hydrogen) atoms. The summed E-state index contributed by atoms with van der Waals surface area (Å²) in [7, 11) is 0. The van der Waals surface area contributed by atoms with Crippen LogP contribution in [0.4, 0.5) is 0 Å². The predicted octanol–water partition coefficient (Wildman–Crippen LogP) is -5.99. The van der Waals surface area contributed by atoms with Crippen molar-refractivity contribution in [2.75, 3.05) is 6.61 Å². The average Bonchev–Trinajstić information content (AvgIpc) is 0.918. The van der Waals surface area contributed by atoms with Crippen LogP contribution in [0.15, 0.2) is 0 Å². The van der Waals surface area contributed by atoms with Gasteiger partial charge >= 0.3 is 18.9 Å². The summed E-state index contributed by atoms with van der Waals surface area (Å²) in [6.45, 7) is 1.93. The van der Waals surface area contributed by atoms with Crippen LogP contribution in [-0.2, 0) is 0 Å². The molecule has 0 aromatic heterocycles. The minimum atomic E-state index is 0. The van der Waals surface area contributed by atoms with E-state index in [-0.39, 0.29) is 42.4 Å². The molecule has 0 saturated carbocycles. The Morgan fingerprint density at radius 2 is 1.60 bits per heavy atom. The molecule has 0 fully saturated rings. The second-order valence-electron chi connectivity index (χ2n) is 0.316. The number of hydrogen-bond acceptors (Lipinski definition) is 1. The van der Waals surface area contributed by atoms with Crippen molar-refractivity contribution in [3.05, 3.63) is 0 Å². The van der Waals surface area contributed by atoms with E-state index in [1.807, 2.05) is 0 Å². The monoisotopic (exact) mass is 132 g/mol. The fraction of sp³-hybridized carbons (Fsp3) is 1.00. The quantitative estimate of drug-likeness (QED) is 0.326. The standard InChI is InChI=1S/C2H6O.BrH.Li/c1-2-3;;/h3H,2H2,1H3;1H;/q;;+1/p-1. The molecule has 0 bridgehead atoms. The van der Waals surface area contributed by atoms with E-state index in [9.17, 15) is 0 Å². The Morgan fingerprint density at radius 3 is 1.60 bits per heavy atom. The maximum atomic E-state index is 7.57. The van der Waals surface area contributed by atoms with Crippen molar-refractivity contribution in [2.24, 2.45) is 0 Å². The summed E-state index contributed by atoms with van der Waals surface area (Å²) in [5, 5.41) is 7.57. The third kappa shape index (κ3) is 43.2. The van der Waals surface area contributed by atoms with Crippen LogP contribution in [-0.4, -0.2) is 11.7 Å². The SMILES string of the molecule is CCO.[Br-].[Li+]. The van der Waals surface area contributed by atoms with Gasteiger partial charge in [-0.25, -0.2) is 0 Å². The second kappa shape index (κ2) is 19.8. The minimum absolute atomic E-state index is 0. The van der Waals surface area contributed by atoms with Crippen molar-refractivity contribution >= 4 is 0 Å². The van der Waals surface area contributed by atoms with Gasteiger partial charge in [0.05, 0.1) is 0 Å². The number of hydrogen-bond donors (Lipinski definition) is 1. The Balaban J connectivity index is -0.0000000200. The first-order valence-electron chi connectivity index (χ1n) is 1.02. The van der Waals surface area contributed by atoms with Crippen LogP contribution in [0.5, 0.6) is 0 Å². The van der Waals surface area contributed by atoms with E-state index in [0.717, 1.165) is 0 Å². The molecule has 1 nitrogen and oxygen atoms in total. The Bertz CT molecular complexity index is 9.61. The first-order valence-corrected chi connectivity index (χ1v) is 1.02. The van der Waals surface area contributed by atoms with Crippen LogP contribution in [0.2, 0.25) is 0 Å². The molecule has 0 atom stereocenters. The normalized spacial score (nSPS) is 3.60. The zero-order valence-electron chi connectivity index (χ0n) is 3.53. The molecular weight excluding hydrogens is 127 g/mol. The van der Waals surface area contributed by atoms with Crippen LogP contribution in [0, 0.1) is 0 Å². The minimum Gasteiger partial charge on any atom is -1.00 e.